The van der Waals surface area contributed by atoms with Gasteiger partial charge in [0.25, 0.3) is 5.91 Å². The first-order valence-electron chi connectivity index (χ1n) is 7.85. The molecule has 4 heteroatoms. The molecule has 1 aromatic carbocycles. The molecule has 1 aliphatic carbocycles. The first kappa shape index (κ1) is 21.3. The summed E-state index contributed by atoms with van der Waals surface area (Å²) in [6, 6.07) is 3.39. The highest BCUT2D eigenvalue weighted by atomic mass is 16.1. The highest BCUT2D eigenvalue weighted by Gasteiger charge is 2.16. The Labute approximate surface area is 142 Å². The lowest BCUT2D eigenvalue weighted by Gasteiger charge is -2.20. The number of carbonyl (C=O) groups is 1. The fraction of sp³-hybridized carbons (Fsp3) is 0.474. The third-order valence-electron chi connectivity index (χ3n) is 4.27. The average Bonchev–Trinajstić information content (AvgIpc) is 2.41. The van der Waals surface area contributed by atoms with Gasteiger partial charge in [-0.05, 0) is 43.4 Å². The number of nitrogens with two attached hydrogens (primary N) is 2. The molecule has 0 unspecified atom stereocenters. The number of nitrogens with one attached hydrogen (secondary N) is 1. The van der Waals surface area contributed by atoms with Crippen molar-refractivity contribution >= 4 is 17.3 Å². The number of nitrogen functional groups attached to an aromatic ring is 2. The van der Waals surface area contributed by atoms with Gasteiger partial charge in [-0.3, -0.25) is 4.79 Å². The van der Waals surface area contributed by atoms with E-state index in [0.29, 0.717) is 23.5 Å². The van der Waals surface area contributed by atoms with Crippen LogP contribution >= 0.6 is 0 Å². The fourth-order valence-corrected chi connectivity index (χ4v) is 2.88. The second kappa shape index (κ2) is 10.1. The summed E-state index contributed by atoms with van der Waals surface area (Å²) in [6.45, 7) is 2.53. The predicted molar refractivity (Wildman–Crippen MR) is 98.6 cm³/mol. The maximum Gasteiger partial charge on any atom is 0.251 e. The SMILES string of the molecule is Cc1c(N)cc(N)cc1C(=O)NC[C]1CCCCCCC1.[CH2].[CH2]. The molecule has 127 valence electrons. The molecule has 1 amide bonds. The molecular weight excluding hydrogens is 286 g/mol. The largest absolute Gasteiger partial charge is 0.399 e. The molecule has 0 bridgehead atoms. The van der Waals surface area contributed by atoms with E-state index in [1.165, 1.54) is 38.0 Å². The number of benzene rings is 1. The Kier molecular flexibility index (Phi) is 9.38. The summed E-state index contributed by atoms with van der Waals surface area (Å²) in [5, 5.41) is 3.03. The Morgan fingerprint density at radius 1 is 1.04 bits per heavy atom. The Morgan fingerprint density at radius 2 is 1.61 bits per heavy atom. The summed E-state index contributed by atoms with van der Waals surface area (Å²) >= 11 is 0. The van der Waals surface area contributed by atoms with Crippen molar-refractivity contribution in [2.24, 2.45) is 0 Å². The Hall–Kier alpha value is -1.71. The Bertz CT molecular complexity index is 492. The van der Waals surface area contributed by atoms with Gasteiger partial charge in [0.1, 0.15) is 0 Å². The van der Waals surface area contributed by atoms with E-state index in [-0.39, 0.29) is 20.8 Å². The average molecular weight is 316 g/mol. The fourth-order valence-electron chi connectivity index (χ4n) is 2.88. The van der Waals surface area contributed by atoms with Crippen molar-refractivity contribution in [3.63, 3.8) is 0 Å². The van der Waals surface area contributed by atoms with E-state index in [4.69, 9.17) is 11.5 Å². The molecule has 5 radical (unpaired) electrons. The van der Waals surface area contributed by atoms with Gasteiger partial charge in [0.15, 0.2) is 0 Å². The van der Waals surface area contributed by atoms with Crippen molar-refractivity contribution in [1.29, 1.82) is 0 Å². The summed E-state index contributed by atoms with van der Waals surface area (Å²) in [4.78, 5) is 12.3. The van der Waals surface area contributed by atoms with Gasteiger partial charge in [0.05, 0.1) is 0 Å². The van der Waals surface area contributed by atoms with E-state index in [2.05, 4.69) is 5.32 Å². The second-order valence-electron chi connectivity index (χ2n) is 5.98. The maximum absolute atomic E-state index is 12.3. The van der Waals surface area contributed by atoms with Gasteiger partial charge in [0, 0.05) is 23.5 Å². The van der Waals surface area contributed by atoms with Crippen molar-refractivity contribution < 1.29 is 4.79 Å². The minimum Gasteiger partial charge on any atom is -0.399 e. The first-order valence-corrected chi connectivity index (χ1v) is 7.85. The lowest BCUT2D eigenvalue weighted by Crippen LogP contribution is -2.29. The summed E-state index contributed by atoms with van der Waals surface area (Å²) in [5.41, 5.74) is 14.1. The molecule has 1 aliphatic rings. The Balaban J connectivity index is 0.00000242. The first-order chi connectivity index (χ1) is 10.1. The Morgan fingerprint density at radius 3 is 2.22 bits per heavy atom. The number of carbonyl (C=O) groups excluding carboxylic acids is 1. The molecule has 0 heterocycles. The summed E-state index contributed by atoms with van der Waals surface area (Å²) in [6.07, 6.45) is 8.73. The van der Waals surface area contributed by atoms with Gasteiger partial charge in [-0.1, -0.05) is 47.0 Å². The van der Waals surface area contributed by atoms with Crippen LogP contribution in [0.4, 0.5) is 11.4 Å². The molecule has 5 N–H and O–H groups in total. The molecule has 0 aliphatic heterocycles. The number of rotatable bonds is 3. The van der Waals surface area contributed by atoms with E-state index < -0.39 is 0 Å². The number of amides is 1. The van der Waals surface area contributed by atoms with E-state index >= 15 is 0 Å². The molecule has 0 aromatic heterocycles. The molecule has 0 atom stereocenters. The summed E-state index contributed by atoms with van der Waals surface area (Å²) in [7, 11) is 0. The minimum atomic E-state index is -0.0824. The number of anilines is 2. The van der Waals surface area contributed by atoms with Crippen molar-refractivity contribution in [2.45, 2.75) is 51.9 Å². The van der Waals surface area contributed by atoms with Crippen LogP contribution in [0.5, 0.6) is 0 Å². The van der Waals surface area contributed by atoms with Gasteiger partial charge in [-0.2, -0.15) is 0 Å². The monoisotopic (exact) mass is 316 g/mol. The number of hydrogen-bond acceptors (Lipinski definition) is 3. The lowest BCUT2D eigenvalue weighted by molar-refractivity contribution is 0.0953. The van der Waals surface area contributed by atoms with Crippen LogP contribution in [0, 0.1) is 27.7 Å². The van der Waals surface area contributed by atoms with E-state index in [9.17, 15) is 4.79 Å². The van der Waals surface area contributed by atoms with Crippen LogP contribution in [0.2, 0.25) is 0 Å². The molecule has 1 saturated carbocycles. The van der Waals surface area contributed by atoms with Gasteiger partial charge >= 0.3 is 0 Å². The molecule has 1 fully saturated rings. The molecular formula is C19H30N3O. The molecule has 2 rings (SSSR count). The second-order valence-corrected chi connectivity index (χ2v) is 5.98. The van der Waals surface area contributed by atoms with Gasteiger partial charge in [0.2, 0.25) is 0 Å². The van der Waals surface area contributed by atoms with Crippen molar-refractivity contribution in [3.8, 4) is 0 Å². The van der Waals surface area contributed by atoms with Crippen LogP contribution in [0.25, 0.3) is 0 Å². The zero-order valence-electron chi connectivity index (χ0n) is 14.3. The zero-order chi connectivity index (χ0) is 15.2. The predicted octanol–water partition coefficient (Wildman–Crippen LogP) is 3.86. The van der Waals surface area contributed by atoms with E-state index in [0.717, 1.165) is 18.4 Å². The van der Waals surface area contributed by atoms with Crippen molar-refractivity contribution in [2.75, 3.05) is 18.0 Å². The lowest BCUT2D eigenvalue weighted by atomic mass is 9.91. The summed E-state index contributed by atoms with van der Waals surface area (Å²) < 4.78 is 0. The minimum absolute atomic E-state index is 0. The quantitative estimate of drug-likeness (QED) is 0.741. The number of hydrogen-bond donors (Lipinski definition) is 3. The topological polar surface area (TPSA) is 81.1 Å². The van der Waals surface area contributed by atoms with Crippen molar-refractivity contribution in [1.82, 2.24) is 5.32 Å². The molecule has 0 saturated heterocycles. The van der Waals surface area contributed by atoms with Crippen LogP contribution in [-0.4, -0.2) is 12.5 Å². The van der Waals surface area contributed by atoms with Crippen LogP contribution in [0.1, 0.15) is 60.9 Å². The molecule has 4 nitrogen and oxygen atoms in total. The van der Waals surface area contributed by atoms with Crippen LogP contribution in [0.15, 0.2) is 12.1 Å². The zero-order valence-corrected chi connectivity index (χ0v) is 14.3. The van der Waals surface area contributed by atoms with Crippen LogP contribution in [0.3, 0.4) is 0 Å². The maximum atomic E-state index is 12.3. The molecule has 1 aromatic rings. The smallest absolute Gasteiger partial charge is 0.251 e. The normalized spacial score (nSPS) is 15.5. The van der Waals surface area contributed by atoms with Crippen LogP contribution < -0.4 is 16.8 Å². The summed E-state index contributed by atoms with van der Waals surface area (Å²) in [5.74, 6) is 1.37. The molecule has 23 heavy (non-hydrogen) atoms. The standard InChI is InChI=1S/C17H26N3O.2CH2/c1-12-15(9-14(18)10-16(12)19)17(21)20-11-13-7-5-3-2-4-6-8-13;;/h9-10H,2-8,11,18-19H2,1H3,(H,20,21);2*1H2. The van der Waals surface area contributed by atoms with E-state index in [1.54, 1.807) is 12.1 Å². The highest BCUT2D eigenvalue weighted by Crippen LogP contribution is 2.24. The van der Waals surface area contributed by atoms with Gasteiger partial charge < -0.3 is 16.8 Å². The molecule has 0 spiro atoms. The van der Waals surface area contributed by atoms with Gasteiger partial charge in [-0.25, -0.2) is 0 Å². The van der Waals surface area contributed by atoms with Crippen molar-refractivity contribution in [3.05, 3.63) is 44.0 Å². The van der Waals surface area contributed by atoms with Crippen LogP contribution in [-0.2, 0) is 0 Å². The highest BCUT2D eigenvalue weighted by molar-refractivity contribution is 5.98. The third-order valence-corrected chi connectivity index (χ3v) is 4.27. The van der Waals surface area contributed by atoms with Gasteiger partial charge in [-0.15, -0.1) is 0 Å². The third kappa shape index (κ3) is 6.12. The van der Waals surface area contributed by atoms with E-state index in [1.807, 2.05) is 6.92 Å².